The molecule has 0 spiro atoms. The Morgan fingerprint density at radius 1 is 1.50 bits per heavy atom. The summed E-state index contributed by atoms with van der Waals surface area (Å²) >= 11 is 5.00. The van der Waals surface area contributed by atoms with Gasteiger partial charge in [-0.1, -0.05) is 11.6 Å². The Bertz CT molecular complexity index is 177. The van der Waals surface area contributed by atoms with E-state index >= 15 is 0 Å². The third-order valence-electron chi connectivity index (χ3n) is 0.664. The number of aliphatic hydroxyl groups excluding tert-OH is 1. The number of rotatable bonds is 2. The summed E-state index contributed by atoms with van der Waals surface area (Å²) in [5, 5.41) is 8.49. The molecule has 0 saturated heterocycles. The molecule has 2 atom stereocenters. The van der Waals surface area contributed by atoms with Crippen LogP contribution < -0.4 is 0 Å². The third kappa shape index (κ3) is 4.90. The molecule has 2 unspecified atom stereocenters. The van der Waals surface area contributed by atoms with Crippen molar-refractivity contribution < 1.29 is 18.1 Å². The van der Waals surface area contributed by atoms with Gasteiger partial charge in [0.15, 0.2) is 4.71 Å². The van der Waals surface area contributed by atoms with Gasteiger partial charge in [-0.15, -0.1) is 0 Å². The first-order chi connectivity index (χ1) is 3.85. The van der Waals surface area contributed by atoms with Gasteiger partial charge in [0.05, 0.1) is 6.10 Å². The van der Waals surface area contributed by atoms with Gasteiger partial charge < -0.3 is 5.11 Å². The zero-order valence-corrected chi connectivity index (χ0v) is 9.22. The van der Waals surface area contributed by atoms with Crippen LogP contribution in [0.4, 0.5) is 0 Å². The SMILES string of the molecule is CC(O)C(Cl)S(=O)(=O)O.[Na]. The molecule has 0 aliphatic carbocycles. The summed E-state index contributed by atoms with van der Waals surface area (Å²) in [4.78, 5) is 0. The van der Waals surface area contributed by atoms with E-state index in [9.17, 15) is 8.42 Å². The first kappa shape index (κ1) is 13.7. The average molecular weight is 198 g/mol. The van der Waals surface area contributed by atoms with Gasteiger partial charge in [0.2, 0.25) is 0 Å². The molecule has 4 nitrogen and oxygen atoms in total. The van der Waals surface area contributed by atoms with E-state index in [2.05, 4.69) is 0 Å². The Hall–Kier alpha value is 1.16. The Kier molecular flexibility index (Phi) is 6.76. The van der Waals surface area contributed by atoms with Gasteiger partial charge in [-0.05, 0) is 6.92 Å². The van der Waals surface area contributed by atoms with Gasteiger partial charge in [-0.3, -0.25) is 4.55 Å². The molecule has 0 bridgehead atoms. The van der Waals surface area contributed by atoms with Crippen molar-refractivity contribution in [2.75, 3.05) is 0 Å². The zero-order valence-electron chi connectivity index (χ0n) is 5.65. The smallest absolute Gasteiger partial charge is 0.284 e. The maximum Gasteiger partial charge on any atom is 0.284 e. The summed E-state index contributed by atoms with van der Waals surface area (Å²) < 4.78 is 26.6. The average Bonchev–Trinajstić information content (AvgIpc) is 1.62. The van der Waals surface area contributed by atoms with E-state index in [4.69, 9.17) is 21.3 Å². The molecule has 10 heavy (non-hydrogen) atoms. The Morgan fingerprint density at radius 3 is 1.80 bits per heavy atom. The van der Waals surface area contributed by atoms with Gasteiger partial charge in [0, 0.05) is 29.6 Å². The fraction of sp³-hybridized carbons (Fsp3) is 1.00. The monoisotopic (exact) mass is 197 g/mol. The van der Waals surface area contributed by atoms with Crippen molar-refractivity contribution >= 4 is 51.3 Å². The van der Waals surface area contributed by atoms with Gasteiger partial charge in [0.25, 0.3) is 10.1 Å². The molecule has 0 amide bonds. The molecular formula is C3H7ClNaO4S. The maximum atomic E-state index is 10.0. The minimum Gasteiger partial charge on any atom is -0.391 e. The standard InChI is InChI=1S/C3H7ClO4S.Na/c1-2(5)3(4)9(6,7)8;/h2-3,5H,1H3,(H,6,7,8);. The third-order valence-corrected chi connectivity index (χ3v) is 2.67. The van der Waals surface area contributed by atoms with Crippen molar-refractivity contribution in [1.29, 1.82) is 0 Å². The minimum absolute atomic E-state index is 0. The van der Waals surface area contributed by atoms with Crippen molar-refractivity contribution in [3.05, 3.63) is 0 Å². The molecule has 0 aromatic rings. The summed E-state index contributed by atoms with van der Waals surface area (Å²) in [6.45, 7) is 1.17. The summed E-state index contributed by atoms with van der Waals surface area (Å²) in [5.41, 5.74) is 0. The quantitative estimate of drug-likeness (QED) is 0.354. The van der Waals surface area contributed by atoms with Gasteiger partial charge >= 0.3 is 0 Å². The van der Waals surface area contributed by atoms with Crippen LogP contribution in [0.1, 0.15) is 6.92 Å². The molecule has 1 radical (unpaired) electrons. The Morgan fingerprint density at radius 2 is 1.80 bits per heavy atom. The maximum absolute atomic E-state index is 10.0. The second-order valence-electron chi connectivity index (χ2n) is 1.61. The van der Waals surface area contributed by atoms with E-state index in [1.54, 1.807) is 0 Å². The predicted octanol–water partition coefficient (Wildman–Crippen LogP) is -0.561. The molecule has 0 aromatic carbocycles. The first-order valence-electron chi connectivity index (χ1n) is 2.14. The first-order valence-corrected chi connectivity index (χ1v) is 4.08. The molecular weight excluding hydrogens is 191 g/mol. The molecule has 0 heterocycles. The van der Waals surface area contributed by atoms with Gasteiger partial charge in [-0.25, -0.2) is 0 Å². The summed E-state index contributed by atoms with van der Waals surface area (Å²) in [6.07, 6.45) is -1.26. The number of halogens is 1. The van der Waals surface area contributed by atoms with Crippen LogP contribution in [0.3, 0.4) is 0 Å². The second kappa shape index (κ2) is 4.92. The molecule has 0 saturated carbocycles. The molecule has 2 N–H and O–H groups in total. The molecule has 0 aliphatic rings. The van der Waals surface area contributed by atoms with Crippen LogP contribution >= 0.6 is 11.6 Å². The predicted molar refractivity (Wildman–Crippen MR) is 38.6 cm³/mol. The Balaban J connectivity index is 0. The van der Waals surface area contributed by atoms with Crippen LogP contribution in [-0.2, 0) is 10.1 Å². The largest absolute Gasteiger partial charge is 0.391 e. The van der Waals surface area contributed by atoms with Gasteiger partial charge in [-0.2, -0.15) is 8.42 Å². The fourth-order valence-electron chi connectivity index (χ4n) is 0.249. The van der Waals surface area contributed by atoms with Crippen molar-refractivity contribution in [2.24, 2.45) is 0 Å². The van der Waals surface area contributed by atoms with E-state index in [-0.39, 0.29) is 29.6 Å². The normalized spacial score (nSPS) is 17.2. The van der Waals surface area contributed by atoms with Crippen molar-refractivity contribution in [2.45, 2.75) is 17.7 Å². The van der Waals surface area contributed by atoms with Crippen LogP contribution in [0, 0.1) is 0 Å². The van der Waals surface area contributed by atoms with Crippen molar-refractivity contribution in [3.63, 3.8) is 0 Å². The van der Waals surface area contributed by atoms with E-state index in [1.165, 1.54) is 6.92 Å². The molecule has 7 heteroatoms. The number of aliphatic hydroxyl groups is 1. The molecule has 0 rings (SSSR count). The van der Waals surface area contributed by atoms with Crippen LogP contribution in [0.15, 0.2) is 0 Å². The molecule has 0 fully saturated rings. The summed E-state index contributed by atoms with van der Waals surface area (Å²) in [5.74, 6) is 0. The topological polar surface area (TPSA) is 74.6 Å². The molecule has 0 aromatic heterocycles. The zero-order chi connectivity index (χ0) is 7.65. The fourth-order valence-corrected chi connectivity index (χ4v) is 0.747. The van der Waals surface area contributed by atoms with E-state index in [1.807, 2.05) is 0 Å². The van der Waals surface area contributed by atoms with Crippen LogP contribution in [0.25, 0.3) is 0 Å². The van der Waals surface area contributed by atoms with Crippen molar-refractivity contribution in [1.82, 2.24) is 0 Å². The van der Waals surface area contributed by atoms with E-state index in [0.29, 0.717) is 0 Å². The number of hydrogen-bond acceptors (Lipinski definition) is 3. The number of alkyl halides is 1. The second-order valence-corrected chi connectivity index (χ2v) is 3.87. The van der Waals surface area contributed by atoms with Crippen LogP contribution in [-0.4, -0.2) is 58.4 Å². The Labute approximate surface area is 86.6 Å². The van der Waals surface area contributed by atoms with E-state index in [0.717, 1.165) is 0 Å². The minimum atomic E-state index is -4.29. The van der Waals surface area contributed by atoms with Crippen LogP contribution in [0.2, 0.25) is 0 Å². The van der Waals surface area contributed by atoms with E-state index < -0.39 is 20.9 Å². The molecule has 57 valence electrons. The van der Waals surface area contributed by atoms with Crippen LogP contribution in [0.5, 0.6) is 0 Å². The van der Waals surface area contributed by atoms with Gasteiger partial charge in [0.1, 0.15) is 0 Å². The number of hydrogen-bond donors (Lipinski definition) is 2. The summed E-state index contributed by atoms with van der Waals surface area (Å²) in [6, 6.07) is 0. The van der Waals surface area contributed by atoms with Crippen molar-refractivity contribution in [3.8, 4) is 0 Å². The molecule has 0 aliphatic heterocycles. The summed E-state index contributed by atoms with van der Waals surface area (Å²) in [7, 11) is -4.29.